The molecule has 0 saturated carbocycles. The normalized spacial score (nSPS) is 11.6. The fourth-order valence-corrected chi connectivity index (χ4v) is 2.81. The van der Waals surface area contributed by atoms with E-state index < -0.39 is 0 Å². The predicted molar refractivity (Wildman–Crippen MR) is 106 cm³/mol. The Morgan fingerprint density at radius 3 is 2.74 bits per heavy atom. The summed E-state index contributed by atoms with van der Waals surface area (Å²) >= 11 is 0. The molecular weight excluding hydrogens is 340 g/mol. The topological polar surface area (TPSA) is 85.0 Å². The second-order valence-corrected chi connectivity index (χ2v) is 6.35. The highest BCUT2D eigenvalue weighted by atomic mass is 15.3. The summed E-state index contributed by atoms with van der Waals surface area (Å²) in [5, 5.41) is 11.1. The number of aromatic nitrogens is 5. The molecule has 0 bridgehead atoms. The minimum atomic E-state index is 0.661. The van der Waals surface area contributed by atoms with Crippen molar-refractivity contribution >= 4 is 5.96 Å². The SMILES string of the molecule is CN=C(NCCCn1nc(C)cc1C)NCc1ccc(-n2ccnc2)nc1. The summed E-state index contributed by atoms with van der Waals surface area (Å²) in [5.41, 5.74) is 3.34. The van der Waals surface area contributed by atoms with Crippen LogP contribution in [0.5, 0.6) is 0 Å². The van der Waals surface area contributed by atoms with Gasteiger partial charge in [-0.15, -0.1) is 0 Å². The number of hydrogen-bond acceptors (Lipinski definition) is 4. The predicted octanol–water partition coefficient (Wildman–Crippen LogP) is 1.84. The first-order valence-corrected chi connectivity index (χ1v) is 9.04. The van der Waals surface area contributed by atoms with Crippen molar-refractivity contribution in [3.8, 4) is 5.82 Å². The number of guanidine groups is 1. The van der Waals surface area contributed by atoms with Crippen molar-refractivity contribution in [2.45, 2.75) is 33.4 Å². The minimum absolute atomic E-state index is 0.661. The lowest BCUT2D eigenvalue weighted by atomic mass is 10.3. The first kappa shape index (κ1) is 18.6. The molecule has 0 atom stereocenters. The molecule has 0 radical (unpaired) electrons. The monoisotopic (exact) mass is 366 g/mol. The van der Waals surface area contributed by atoms with E-state index in [1.165, 1.54) is 5.69 Å². The molecule has 2 N–H and O–H groups in total. The average Bonchev–Trinajstić information content (AvgIpc) is 3.31. The van der Waals surface area contributed by atoms with E-state index in [2.05, 4.69) is 43.7 Å². The Hall–Kier alpha value is -3.16. The van der Waals surface area contributed by atoms with Crippen LogP contribution in [-0.4, -0.2) is 43.9 Å². The third-order valence-corrected chi connectivity index (χ3v) is 4.20. The van der Waals surface area contributed by atoms with Gasteiger partial charge in [0.2, 0.25) is 0 Å². The molecule has 3 rings (SSSR count). The standard InChI is InChI=1S/C19H26N8/c1-15-11-16(2)27(25-15)9-4-7-22-19(20-3)24-13-17-5-6-18(23-12-17)26-10-8-21-14-26/h5-6,8,10-12,14H,4,7,9,13H2,1-3H3,(H2,20,22,24). The Labute approximate surface area is 159 Å². The molecule has 0 aromatic carbocycles. The van der Waals surface area contributed by atoms with E-state index in [9.17, 15) is 0 Å². The second-order valence-electron chi connectivity index (χ2n) is 6.35. The summed E-state index contributed by atoms with van der Waals surface area (Å²) in [6, 6.07) is 6.12. The zero-order valence-electron chi connectivity index (χ0n) is 16.1. The van der Waals surface area contributed by atoms with Crippen molar-refractivity contribution in [2.24, 2.45) is 4.99 Å². The lowest BCUT2D eigenvalue weighted by molar-refractivity contribution is 0.555. The van der Waals surface area contributed by atoms with Crippen LogP contribution < -0.4 is 10.6 Å². The van der Waals surface area contributed by atoms with Gasteiger partial charge in [0.05, 0.1) is 5.69 Å². The zero-order valence-corrected chi connectivity index (χ0v) is 16.1. The molecule has 0 aliphatic rings. The van der Waals surface area contributed by atoms with Crippen molar-refractivity contribution in [2.75, 3.05) is 13.6 Å². The molecule has 0 aliphatic heterocycles. The van der Waals surface area contributed by atoms with Crippen LogP contribution in [0, 0.1) is 13.8 Å². The van der Waals surface area contributed by atoms with Gasteiger partial charge < -0.3 is 10.6 Å². The van der Waals surface area contributed by atoms with E-state index >= 15 is 0 Å². The number of nitrogens with zero attached hydrogens (tertiary/aromatic N) is 6. The maximum Gasteiger partial charge on any atom is 0.191 e. The van der Waals surface area contributed by atoms with Gasteiger partial charge in [0.1, 0.15) is 12.1 Å². The first-order valence-electron chi connectivity index (χ1n) is 9.04. The Morgan fingerprint density at radius 1 is 1.22 bits per heavy atom. The van der Waals surface area contributed by atoms with Gasteiger partial charge in [-0.25, -0.2) is 9.97 Å². The highest BCUT2D eigenvalue weighted by Gasteiger charge is 2.02. The van der Waals surface area contributed by atoms with Crippen LogP contribution in [0.2, 0.25) is 0 Å². The summed E-state index contributed by atoms with van der Waals surface area (Å²) in [6.07, 6.45) is 8.18. The Bertz CT molecular complexity index is 862. The number of aliphatic imine (C=N–C) groups is 1. The second kappa shape index (κ2) is 8.98. The molecule has 0 unspecified atom stereocenters. The van der Waals surface area contributed by atoms with E-state index in [1.54, 1.807) is 19.6 Å². The molecule has 8 heteroatoms. The molecule has 0 spiro atoms. The van der Waals surface area contributed by atoms with Gasteiger partial charge in [0, 0.05) is 51.0 Å². The average molecular weight is 366 g/mol. The molecule has 3 heterocycles. The van der Waals surface area contributed by atoms with Crippen LogP contribution >= 0.6 is 0 Å². The fraction of sp³-hybridized carbons (Fsp3) is 0.368. The summed E-state index contributed by atoms with van der Waals surface area (Å²) in [5.74, 6) is 1.63. The van der Waals surface area contributed by atoms with Gasteiger partial charge >= 0.3 is 0 Å². The van der Waals surface area contributed by atoms with Gasteiger partial charge in [0.15, 0.2) is 5.96 Å². The van der Waals surface area contributed by atoms with Crippen molar-refractivity contribution in [3.05, 3.63) is 60.1 Å². The molecule has 142 valence electrons. The molecule has 0 aliphatic carbocycles. The lowest BCUT2D eigenvalue weighted by Gasteiger charge is -2.12. The van der Waals surface area contributed by atoms with Gasteiger partial charge in [0.25, 0.3) is 0 Å². The maximum atomic E-state index is 4.48. The van der Waals surface area contributed by atoms with Gasteiger partial charge in [-0.1, -0.05) is 6.07 Å². The largest absolute Gasteiger partial charge is 0.356 e. The van der Waals surface area contributed by atoms with Crippen molar-refractivity contribution in [3.63, 3.8) is 0 Å². The van der Waals surface area contributed by atoms with Crippen LogP contribution in [0.4, 0.5) is 0 Å². The van der Waals surface area contributed by atoms with Gasteiger partial charge in [-0.3, -0.25) is 14.2 Å². The number of imidazole rings is 1. The summed E-state index contributed by atoms with van der Waals surface area (Å²) in [4.78, 5) is 12.8. The Kier molecular flexibility index (Phi) is 6.19. The lowest BCUT2D eigenvalue weighted by Crippen LogP contribution is -2.37. The van der Waals surface area contributed by atoms with Crippen molar-refractivity contribution in [1.82, 2.24) is 34.9 Å². The number of aryl methyl sites for hydroxylation is 3. The van der Waals surface area contributed by atoms with Gasteiger partial charge in [-0.05, 0) is 38.0 Å². The molecule has 3 aromatic rings. The highest BCUT2D eigenvalue weighted by molar-refractivity contribution is 5.79. The molecular formula is C19H26N8. The summed E-state index contributed by atoms with van der Waals surface area (Å²) < 4.78 is 3.92. The number of pyridine rings is 1. The van der Waals surface area contributed by atoms with E-state index in [0.29, 0.717) is 6.54 Å². The Balaban J connectivity index is 1.42. The molecule has 0 amide bonds. The molecule has 8 nitrogen and oxygen atoms in total. The first-order chi connectivity index (χ1) is 13.2. The quantitative estimate of drug-likeness (QED) is 0.379. The van der Waals surface area contributed by atoms with Crippen molar-refractivity contribution < 1.29 is 0 Å². The summed E-state index contributed by atoms with van der Waals surface area (Å²) in [6.45, 7) is 6.48. The maximum absolute atomic E-state index is 4.48. The Morgan fingerprint density at radius 2 is 2.11 bits per heavy atom. The summed E-state index contributed by atoms with van der Waals surface area (Å²) in [7, 11) is 1.77. The van der Waals surface area contributed by atoms with Crippen molar-refractivity contribution in [1.29, 1.82) is 0 Å². The van der Waals surface area contributed by atoms with E-state index in [-0.39, 0.29) is 0 Å². The molecule has 27 heavy (non-hydrogen) atoms. The number of rotatable bonds is 7. The van der Waals surface area contributed by atoms with Crippen LogP contribution in [-0.2, 0) is 13.1 Å². The number of hydrogen-bond donors (Lipinski definition) is 2. The van der Waals surface area contributed by atoms with Crippen LogP contribution in [0.3, 0.4) is 0 Å². The van der Waals surface area contributed by atoms with E-state index in [0.717, 1.165) is 42.5 Å². The van der Waals surface area contributed by atoms with Crippen LogP contribution in [0.25, 0.3) is 5.82 Å². The minimum Gasteiger partial charge on any atom is -0.356 e. The molecule has 0 fully saturated rings. The third kappa shape index (κ3) is 5.16. The molecule has 0 saturated heterocycles. The fourth-order valence-electron chi connectivity index (χ4n) is 2.81. The van der Waals surface area contributed by atoms with Crippen LogP contribution in [0.15, 0.2) is 48.1 Å². The van der Waals surface area contributed by atoms with E-state index in [1.807, 2.05) is 40.7 Å². The smallest absolute Gasteiger partial charge is 0.191 e. The van der Waals surface area contributed by atoms with E-state index in [4.69, 9.17) is 0 Å². The van der Waals surface area contributed by atoms with Gasteiger partial charge in [-0.2, -0.15) is 5.10 Å². The highest BCUT2D eigenvalue weighted by Crippen LogP contribution is 2.05. The number of nitrogens with one attached hydrogen (secondary N) is 2. The molecule has 3 aromatic heterocycles. The zero-order chi connectivity index (χ0) is 19.1. The third-order valence-electron chi connectivity index (χ3n) is 4.20. The van der Waals surface area contributed by atoms with Crippen LogP contribution in [0.1, 0.15) is 23.4 Å².